The SMILES string of the molecule is CCN(C(=O)CN(C)C(CN)C1CC1)C1CCS(=O)(=O)C1.Cl. The minimum atomic E-state index is -2.96. The predicted molar refractivity (Wildman–Crippen MR) is 89.9 cm³/mol. The van der Waals surface area contributed by atoms with Crippen LogP contribution in [0.5, 0.6) is 0 Å². The van der Waals surface area contributed by atoms with Crippen molar-refractivity contribution in [3.8, 4) is 0 Å². The van der Waals surface area contributed by atoms with Crippen LogP contribution in [0.15, 0.2) is 0 Å². The quantitative estimate of drug-likeness (QED) is 0.702. The van der Waals surface area contributed by atoms with Gasteiger partial charge in [0, 0.05) is 25.2 Å². The van der Waals surface area contributed by atoms with E-state index in [4.69, 9.17) is 5.73 Å². The van der Waals surface area contributed by atoms with E-state index in [1.54, 1.807) is 4.90 Å². The Morgan fingerprint density at radius 1 is 1.32 bits per heavy atom. The molecular formula is C14H28ClN3O3S. The van der Waals surface area contributed by atoms with Gasteiger partial charge in [-0.05, 0) is 39.2 Å². The second-order valence-electron chi connectivity index (χ2n) is 6.29. The highest BCUT2D eigenvalue weighted by Crippen LogP contribution is 2.34. The van der Waals surface area contributed by atoms with Crippen LogP contribution in [0.1, 0.15) is 26.2 Å². The molecule has 130 valence electrons. The lowest BCUT2D eigenvalue weighted by Gasteiger charge is -2.32. The van der Waals surface area contributed by atoms with Crippen molar-refractivity contribution < 1.29 is 13.2 Å². The number of nitrogens with two attached hydrogens (primary N) is 1. The summed E-state index contributed by atoms with van der Waals surface area (Å²) in [5.41, 5.74) is 5.81. The summed E-state index contributed by atoms with van der Waals surface area (Å²) in [5.74, 6) is 0.945. The Balaban J connectivity index is 0.00000242. The topological polar surface area (TPSA) is 83.7 Å². The highest BCUT2D eigenvalue weighted by Gasteiger charge is 2.36. The third-order valence-corrected chi connectivity index (χ3v) is 6.42. The van der Waals surface area contributed by atoms with Gasteiger partial charge < -0.3 is 10.6 Å². The van der Waals surface area contributed by atoms with Gasteiger partial charge >= 0.3 is 0 Å². The molecule has 1 aliphatic carbocycles. The van der Waals surface area contributed by atoms with E-state index in [-0.39, 0.29) is 41.9 Å². The number of carbonyl (C=O) groups excluding carboxylic acids is 1. The van der Waals surface area contributed by atoms with E-state index in [0.717, 1.165) is 0 Å². The van der Waals surface area contributed by atoms with Crippen LogP contribution in [0.2, 0.25) is 0 Å². The maximum atomic E-state index is 12.5. The maximum absolute atomic E-state index is 12.5. The molecule has 2 aliphatic rings. The van der Waals surface area contributed by atoms with Crippen LogP contribution in [0, 0.1) is 5.92 Å². The molecule has 1 saturated carbocycles. The van der Waals surface area contributed by atoms with Gasteiger partial charge in [-0.3, -0.25) is 9.69 Å². The molecule has 2 N–H and O–H groups in total. The van der Waals surface area contributed by atoms with Crippen molar-refractivity contribution in [1.82, 2.24) is 9.80 Å². The van der Waals surface area contributed by atoms with Gasteiger partial charge in [-0.25, -0.2) is 8.42 Å². The number of hydrogen-bond acceptors (Lipinski definition) is 5. The van der Waals surface area contributed by atoms with E-state index in [0.29, 0.717) is 32.0 Å². The van der Waals surface area contributed by atoms with Crippen LogP contribution in [-0.2, 0) is 14.6 Å². The van der Waals surface area contributed by atoms with E-state index in [1.165, 1.54) is 12.8 Å². The number of carbonyl (C=O) groups is 1. The molecule has 1 heterocycles. The fraction of sp³-hybridized carbons (Fsp3) is 0.929. The Morgan fingerprint density at radius 3 is 2.36 bits per heavy atom. The summed E-state index contributed by atoms with van der Waals surface area (Å²) in [6.45, 7) is 3.36. The summed E-state index contributed by atoms with van der Waals surface area (Å²) in [4.78, 5) is 16.3. The van der Waals surface area contributed by atoms with Gasteiger partial charge in [0.2, 0.25) is 5.91 Å². The predicted octanol–water partition coefficient (Wildman–Crippen LogP) is 0.113. The molecule has 2 unspecified atom stereocenters. The Hall–Kier alpha value is -0.370. The zero-order chi connectivity index (χ0) is 15.6. The van der Waals surface area contributed by atoms with Crippen molar-refractivity contribution in [3.63, 3.8) is 0 Å². The Bertz CT molecular complexity index is 482. The molecule has 1 amide bonds. The van der Waals surface area contributed by atoms with E-state index < -0.39 is 9.84 Å². The monoisotopic (exact) mass is 353 g/mol. The summed E-state index contributed by atoms with van der Waals surface area (Å²) < 4.78 is 23.2. The van der Waals surface area contributed by atoms with Crippen LogP contribution >= 0.6 is 12.4 Å². The lowest BCUT2D eigenvalue weighted by atomic mass is 10.1. The van der Waals surface area contributed by atoms with Crippen molar-refractivity contribution in [2.75, 3.05) is 38.2 Å². The average molecular weight is 354 g/mol. The van der Waals surface area contributed by atoms with Gasteiger partial charge in [-0.1, -0.05) is 0 Å². The maximum Gasteiger partial charge on any atom is 0.237 e. The summed E-state index contributed by atoms with van der Waals surface area (Å²) in [7, 11) is -1.03. The standard InChI is InChI=1S/C14H27N3O3S.ClH/c1-3-17(12-6-7-21(19,20)10-12)14(18)9-16(2)13(8-15)11-4-5-11;/h11-13H,3-10,15H2,1-2H3;1H. The molecule has 8 heteroatoms. The molecule has 0 bridgehead atoms. The van der Waals surface area contributed by atoms with Crippen LogP contribution in [0.3, 0.4) is 0 Å². The van der Waals surface area contributed by atoms with Gasteiger partial charge in [0.25, 0.3) is 0 Å². The second-order valence-corrected chi connectivity index (χ2v) is 8.52. The molecular weight excluding hydrogens is 326 g/mol. The molecule has 0 aromatic carbocycles. The Labute approximate surface area is 139 Å². The van der Waals surface area contributed by atoms with E-state index in [2.05, 4.69) is 0 Å². The molecule has 1 aliphatic heterocycles. The molecule has 1 saturated heterocycles. The molecule has 2 fully saturated rings. The molecule has 2 rings (SSSR count). The molecule has 2 atom stereocenters. The second kappa shape index (κ2) is 7.95. The van der Waals surface area contributed by atoms with Gasteiger partial charge in [-0.15, -0.1) is 12.4 Å². The van der Waals surface area contributed by atoms with Gasteiger partial charge in [0.05, 0.1) is 18.1 Å². The van der Waals surface area contributed by atoms with Gasteiger partial charge in [0.1, 0.15) is 0 Å². The first-order chi connectivity index (χ1) is 9.88. The summed E-state index contributed by atoms with van der Waals surface area (Å²) in [5, 5.41) is 0. The minimum Gasteiger partial charge on any atom is -0.338 e. The third kappa shape index (κ3) is 4.81. The van der Waals surface area contributed by atoms with Crippen molar-refractivity contribution in [2.45, 2.75) is 38.3 Å². The smallest absolute Gasteiger partial charge is 0.237 e. The number of sulfone groups is 1. The number of nitrogens with zero attached hydrogens (tertiary/aromatic N) is 2. The van der Waals surface area contributed by atoms with Crippen LogP contribution in [-0.4, -0.2) is 74.4 Å². The fourth-order valence-electron chi connectivity index (χ4n) is 3.29. The summed E-state index contributed by atoms with van der Waals surface area (Å²) in [6, 6.07) is 0.109. The highest BCUT2D eigenvalue weighted by molar-refractivity contribution is 7.91. The average Bonchev–Trinajstić information content (AvgIpc) is 3.16. The molecule has 0 aromatic rings. The van der Waals surface area contributed by atoms with Crippen molar-refractivity contribution in [2.24, 2.45) is 11.7 Å². The number of rotatable bonds is 7. The van der Waals surface area contributed by atoms with E-state index in [9.17, 15) is 13.2 Å². The van der Waals surface area contributed by atoms with E-state index >= 15 is 0 Å². The first-order valence-corrected chi connectivity index (χ1v) is 9.60. The first kappa shape index (κ1) is 19.7. The molecule has 0 aromatic heterocycles. The summed E-state index contributed by atoms with van der Waals surface area (Å²) >= 11 is 0. The highest BCUT2D eigenvalue weighted by atomic mass is 35.5. The molecule has 22 heavy (non-hydrogen) atoms. The number of likely N-dealkylation sites (N-methyl/N-ethyl adjacent to an activating group) is 2. The Kier molecular flexibility index (Phi) is 7.11. The van der Waals surface area contributed by atoms with Crippen LogP contribution in [0.25, 0.3) is 0 Å². The van der Waals surface area contributed by atoms with E-state index in [1.807, 2.05) is 18.9 Å². The zero-order valence-corrected chi connectivity index (χ0v) is 15.0. The zero-order valence-electron chi connectivity index (χ0n) is 13.4. The first-order valence-electron chi connectivity index (χ1n) is 7.78. The summed E-state index contributed by atoms with van der Waals surface area (Å²) in [6.07, 6.45) is 2.95. The lowest BCUT2D eigenvalue weighted by molar-refractivity contribution is -0.134. The molecule has 6 nitrogen and oxygen atoms in total. The minimum absolute atomic E-state index is 0. The Morgan fingerprint density at radius 2 is 1.95 bits per heavy atom. The van der Waals surface area contributed by atoms with Crippen LogP contribution < -0.4 is 5.73 Å². The van der Waals surface area contributed by atoms with Crippen LogP contribution in [0.4, 0.5) is 0 Å². The number of amides is 1. The third-order valence-electron chi connectivity index (χ3n) is 4.67. The number of halogens is 1. The van der Waals surface area contributed by atoms with Gasteiger partial charge in [-0.2, -0.15) is 0 Å². The fourth-order valence-corrected chi connectivity index (χ4v) is 5.02. The van der Waals surface area contributed by atoms with Gasteiger partial charge in [0.15, 0.2) is 9.84 Å². The lowest BCUT2D eigenvalue weighted by Crippen LogP contribution is -2.49. The molecule has 0 spiro atoms. The van der Waals surface area contributed by atoms with Crippen molar-refractivity contribution in [1.29, 1.82) is 0 Å². The van der Waals surface area contributed by atoms with Crippen molar-refractivity contribution >= 4 is 28.2 Å². The largest absolute Gasteiger partial charge is 0.338 e. The number of hydrogen-bond donors (Lipinski definition) is 1. The normalized spacial score (nSPS) is 24.8. The van der Waals surface area contributed by atoms with Crippen molar-refractivity contribution in [3.05, 3.63) is 0 Å². The molecule has 0 radical (unpaired) electrons.